The molecule has 0 amide bonds. The van der Waals surface area contributed by atoms with Gasteiger partial charge in [0, 0.05) is 38.3 Å². The molecule has 2 aromatic carbocycles. The molecule has 8 nitrogen and oxygen atoms in total. The maximum atomic E-state index is 13.1. The van der Waals surface area contributed by atoms with Crippen LogP contribution in [0.2, 0.25) is 5.02 Å². The number of piperazine rings is 1. The minimum Gasteiger partial charge on any atom is -0.346 e. The number of nitro benzene ring substituents is 1. The van der Waals surface area contributed by atoms with Crippen LogP contribution in [-0.2, 0) is 10.0 Å². The smallest absolute Gasteiger partial charge is 0.271 e. The average molecular weight is 469 g/mol. The molecule has 1 heterocycles. The van der Waals surface area contributed by atoms with Crippen molar-refractivity contribution < 1.29 is 13.3 Å². The summed E-state index contributed by atoms with van der Waals surface area (Å²) in [6.45, 7) is 4.98. The highest BCUT2D eigenvalue weighted by Gasteiger charge is 2.30. The van der Waals surface area contributed by atoms with Gasteiger partial charge < -0.3 is 10.2 Å². The normalized spacial score (nSPS) is 15.1. The summed E-state index contributed by atoms with van der Waals surface area (Å²) in [5.74, 6) is 0. The molecular formula is C19H21ClN4O4S2. The Morgan fingerprint density at radius 1 is 1.13 bits per heavy atom. The van der Waals surface area contributed by atoms with Gasteiger partial charge in [0.05, 0.1) is 20.5 Å². The van der Waals surface area contributed by atoms with Gasteiger partial charge in [-0.2, -0.15) is 4.31 Å². The van der Waals surface area contributed by atoms with Crippen LogP contribution in [0.25, 0.3) is 0 Å². The standard InChI is InChI=1S/C19H21ClN4O4S2/c1-13-3-4-14(2)18(11-13)30(27,28)23-9-7-22(8-10-23)19(29)21-17-12-15(24(25)26)5-6-16(17)20/h3-6,11-12H,7-10H2,1-2H3,(H,21,29). The molecule has 30 heavy (non-hydrogen) atoms. The highest BCUT2D eigenvalue weighted by molar-refractivity contribution is 7.89. The molecule has 0 saturated carbocycles. The zero-order chi connectivity index (χ0) is 22.1. The van der Waals surface area contributed by atoms with E-state index in [-0.39, 0.29) is 18.8 Å². The highest BCUT2D eigenvalue weighted by Crippen LogP contribution is 2.27. The Bertz CT molecular complexity index is 1100. The van der Waals surface area contributed by atoms with E-state index in [0.717, 1.165) is 5.56 Å². The van der Waals surface area contributed by atoms with Crippen molar-refractivity contribution in [1.82, 2.24) is 9.21 Å². The number of nitro groups is 1. The fourth-order valence-electron chi connectivity index (χ4n) is 3.17. The first-order valence-corrected chi connectivity index (χ1v) is 11.4. The number of benzene rings is 2. The lowest BCUT2D eigenvalue weighted by Crippen LogP contribution is -2.51. The number of aryl methyl sites for hydroxylation is 2. The van der Waals surface area contributed by atoms with Crippen molar-refractivity contribution >= 4 is 50.3 Å². The quantitative estimate of drug-likeness (QED) is 0.416. The van der Waals surface area contributed by atoms with Gasteiger partial charge in [-0.3, -0.25) is 10.1 Å². The Morgan fingerprint density at radius 3 is 2.43 bits per heavy atom. The van der Waals surface area contributed by atoms with Gasteiger partial charge in [0.2, 0.25) is 10.0 Å². The van der Waals surface area contributed by atoms with Crippen LogP contribution < -0.4 is 5.32 Å². The Kier molecular flexibility index (Phi) is 6.61. The van der Waals surface area contributed by atoms with E-state index in [4.69, 9.17) is 23.8 Å². The molecule has 0 aromatic heterocycles. The predicted molar refractivity (Wildman–Crippen MR) is 121 cm³/mol. The zero-order valence-electron chi connectivity index (χ0n) is 16.5. The van der Waals surface area contributed by atoms with E-state index in [1.165, 1.54) is 22.5 Å². The third-order valence-electron chi connectivity index (χ3n) is 4.89. The summed E-state index contributed by atoms with van der Waals surface area (Å²) < 4.78 is 27.6. The van der Waals surface area contributed by atoms with Gasteiger partial charge in [-0.05, 0) is 49.3 Å². The monoisotopic (exact) mass is 468 g/mol. The molecule has 0 aliphatic carbocycles. The maximum Gasteiger partial charge on any atom is 0.271 e. The van der Waals surface area contributed by atoms with Crippen LogP contribution in [0.1, 0.15) is 11.1 Å². The summed E-state index contributed by atoms with van der Waals surface area (Å²) in [6, 6.07) is 9.44. The van der Waals surface area contributed by atoms with E-state index in [1.807, 2.05) is 17.9 Å². The van der Waals surface area contributed by atoms with Crippen LogP contribution in [0.15, 0.2) is 41.3 Å². The molecular weight excluding hydrogens is 448 g/mol. The average Bonchev–Trinajstić information content (AvgIpc) is 2.71. The second-order valence-corrected chi connectivity index (χ2v) is 9.71. The molecule has 1 aliphatic heterocycles. The second kappa shape index (κ2) is 8.84. The lowest BCUT2D eigenvalue weighted by molar-refractivity contribution is -0.384. The predicted octanol–water partition coefficient (Wildman–Crippen LogP) is 3.57. The fourth-order valence-corrected chi connectivity index (χ4v) is 5.36. The molecule has 1 saturated heterocycles. The Morgan fingerprint density at radius 2 is 1.80 bits per heavy atom. The van der Waals surface area contributed by atoms with Gasteiger partial charge >= 0.3 is 0 Å². The molecule has 1 N–H and O–H groups in total. The van der Waals surface area contributed by atoms with Crippen molar-refractivity contribution in [3.05, 3.63) is 62.7 Å². The van der Waals surface area contributed by atoms with E-state index < -0.39 is 14.9 Å². The number of anilines is 1. The van der Waals surface area contributed by atoms with Gasteiger partial charge in [-0.15, -0.1) is 0 Å². The van der Waals surface area contributed by atoms with E-state index in [0.29, 0.717) is 39.4 Å². The van der Waals surface area contributed by atoms with Crippen molar-refractivity contribution in [3.63, 3.8) is 0 Å². The number of rotatable bonds is 4. The fraction of sp³-hybridized carbons (Fsp3) is 0.316. The van der Waals surface area contributed by atoms with Crippen LogP contribution >= 0.6 is 23.8 Å². The number of non-ortho nitro benzene ring substituents is 1. The topological polar surface area (TPSA) is 95.8 Å². The first-order chi connectivity index (χ1) is 14.1. The van der Waals surface area contributed by atoms with Crippen molar-refractivity contribution in [2.24, 2.45) is 0 Å². The van der Waals surface area contributed by atoms with Crippen molar-refractivity contribution in [2.75, 3.05) is 31.5 Å². The number of halogens is 1. The van der Waals surface area contributed by atoms with Crippen LogP contribution in [0.4, 0.5) is 11.4 Å². The first kappa shape index (κ1) is 22.4. The summed E-state index contributed by atoms with van der Waals surface area (Å²) in [4.78, 5) is 12.6. The Hall–Kier alpha value is -2.27. The third kappa shape index (κ3) is 4.72. The molecule has 0 bridgehead atoms. The van der Waals surface area contributed by atoms with Gasteiger partial charge in [0.25, 0.3) is 5.69 Å². The number of hydrogen-bond donors (Lipinski definition) is 1. The van der Waals surface area contributed by atoms with Gasteiger partial charge in [-0.25, -0.2) is 8.42 Å². The summed E-state index contributed by atoms with van der Waals surface area (Å²) in [7, 11) is -3.60. The summed E-state index contributed by atoms with van der Waals surface area (Å²) in [5.41, 5.74) is 1.83. The number of nitrogens with zero attached hydrogens (tertiary/aromatic N) is 3. The number of hydrogen-bond acceptors (Lipinski definition) is 5. The minimum absolute atomic E-state index is 0.103. The largest absolute Gasteiger partial charge is 0.346 e. The lowest BCUT2D eigenvalue weighted by Gasteiger charge is -2.35. The van der Waals surface area contributed by atoms with E-state index in [1.54, 1.807) is 19.1 Å². The Balaban J connectivity index is 1.68. The van der Waals surface area contributed by atoms with Crippen molar-refractivity contribution in [1.29, 1.82) is 0 Å². The zero-order valence-corrected chi connectivity index (χ0v) is 18.9. The third-order valence-corrected chi connectivity index (χ3v) is 7.62. The molecule has 0 spiro atoms. The number of thiocarbonyl (C=S) groups is 1. The molecule has 3 rings (SSSR count). The lowest BCUT2D eigenvalue weighted by atomic mass is 10.2. The second-order valence-electron chi connectivity index (χ2n) is 7.01. The number of nitrogens with one attached hydrogen (secondary N) is 1. The molecule has 160 valence electrons. The first-order valence-electron chi connectivity index (χ1n) is 9.17. The summed E-state index contributed by atoms with van der Waals surface area (Å²) in [5, 5.41) is 14.5. The molecule has 0 atom stereocenters. The maximum absolute atomic E-state index is 13.1. The van der Waals surface area contributed by atoms with Crippen LogP contribution in [0.3, 0.4) is 0 Å². The van der Waals surface area contributed by atoms with Crippen LogP contribution in [-0.4, -0.2) is 53.8 Å². The minimum atomic E-state index is -3.60. The van der Waals surface area contributed by atoms with Gasteiger partial charge in [0.1, 0.15) is 0 Å². The van der Waals surface area contributed by atoms with Gasteiger partial charge in [0.15, 0.2) is 5.11 Å². The highest BCUT2D eigenvalue weighted by atomic mass is 35.5. The Labute approximate surface area is 185 Å². The summed E-state index contributed by atoms with van der Waals surface area (Å²) in [6.07, 6.45) is 0. The van der Waals surface area contributed by atoms with Crippen molar-refractivity contribution in [3.8, 4) is 0 Å². The van der Waals surface area contributed by atoms with E-state index in [9.17, 15) is 18.5 Å². The molecule has 1 fully saturated rings. The van der Waals surface area contributed by atoms with Gasteiger partial charge in [-0.1, -0.05) is 23.7 Å². The number of sulfonamides is 1. The van der Waals surface area contributed by atoms with E-state index in [2.05, 4.69) is 5.32 Å². The van der Waals surface area contributed by atoms with Crippen LogP contribution in [0.5, 0.6) is 0 Å². The molecule has 0 radical (unpaired) electrons. The molecule has 1 aliphatic rings. The molecule has 2 aromatic rings. The van der Waals surface area contributed by atoms with E-state index >= 15 is 0 Å². The molecule has 0 unspecified atom stereocenters. The molecule has 11 heteroatoms. The summed E-state index contributed by atoms with van der Waals surface area (Å²) >= 11 is 11.5. The van der Waals surface area contributed by atoms with Crippen LogP contribution in [0, 0.1) is 24.0 Å². The SMILES string of the molecule is Cc1ccc(C)c(S(=O)(=O)N2CCN(C(=S)Nc3cc([N+](=O)[O-])ccc3Cl)CC2)c1. The van der Waals surface area contributed by atoms with Crippen molar-refractivity contribution in [2.45, 2.75) is 18.7 Å².